The topological polar surface area (TPSA) is 50.6 Å². The van der Waals surface area contributed by atoms with Crippen molar-refractivity contribution < 1.29 is 9.53 Å². The predicted octanol–water partition coefficient (Wildman–Crippen LogP) is 3.36. The van der Waals surface area contributed by atoms with E-state index < -0.39 is 0 Å². The molecule has 0 aromatic carbocycles. The maximum absolute atomic E-state index is 12.9. The van der Waals surface area contributed by atoms with Crippen LogP contribution in [0.2, 0.25) is 0 Å². The summed E-state index contributed by atoms with van der Waals surface area (Å²) >= 11 is 0. The highest BCUT2D eigenvalue weighted by Crippen LogP contribution is 2.30. The van der Waals surface area contributed by atoms with E-state index in [0.717, 1.165) is 43.3 Å². The molecule has 1 atom stereocenters. The second-order valence-corrected chi connectivity index (χ2v) is 7.69. The summed E-state index contributed by atoms with van der Waals surface area (Å²) in [5.41, 5.74) is 0.754. The molecule has 6 nitrogen and oxygen atoms in total. The van der Waals surface area contributed by atoms with E-state index in [2.05, 4.69) is 23.7 Å². The Morgan fingerprint density at radius 1 is 1.19 bits per heavy atom. The molecule has 2 fully saturated rings. The fourth-order valence-corrected chi connectivity index (χ4v) is 4.02. The van der Waals surface area contributed by atoms with E-state index in [9.17, 15) is 4.79 Å². The van der Waals surface area contributed by atoms with Gasteiger partial charge in [-0.15, -0.1) is 0 Å². The number of amides is 1. The number of anilines is 1. The van der Waals surface area contributed by atoms with Crippen LogP contribution in [-0.4, -0.2) is 52.6 Å². The van der Waals surface area contributed by atoms with Gasteiger partial charge in [-0.2, -0.15) is 0 Å². The van der Waals surface area contributed by atoms with Crippen LogP contribution in [0.3, 0.4) is 0 Å². The van der Waals surface area contributed by atoms with E-state index in [-0.39, 0.29) is 18.1 Å². The molecule has 4 heterocycles. The van der Waals surface area contributed by atoms with Crippen LogP contribution >= 0.6 is 0 Å². The molecule has 0 bridgehead atoms. The van der Waals surface area contributed by atoms with E-state index in [1.807, 2.05) is 46.1 Å². The normalized spacial score (nSPS) is 19.9. The summed E-state index contributed by atoms with van der Waals surface area (Å²) in [6.07, 6.45) is 7.07. The molecule has 2 saturated heterocycles. The highest BCUT2D eigenvalue weighted by atomic mass is 16.5. The van der Waals surface area contributed by atoms with E-state index in [0.29, 0.717) is 6.54 Å². The molecule has 1 amide bonds. The first-order valence-corrected chi connectivity index (χ1v) is 9.96. The standard InChI is InChI=1S/C21H28N4O2/c1-16(2)25-13-6-7-18(25)21(26)24-14-9-17(15-24)27-19-8-5-10-22-20(19)23-11-3-4-12-23/h5-8,10,13,16-17H,3-4,9,11-12,14-15H2,1-2H3/t17-/m1/s1. The lowest BCUT2D eigenvalue weighted by Gasteiger charge is -2.22. The van der Waals surface area contributed by atoms with Gasteiger partial charge in [0.1, 0.15) is 11.8 Å². The number of pyridine rings is 1. The van der Waals surface area contributed by atoms with Crippen molar-refractivity contribution in [2.45, 2.75) is 45.3 Å². The molecule has 2 aromatic rings. The molecule has 0 N–H and O–H groups in total. The minimum atomic E-state index is 0.0157. The Morgan fingerprint density at radius 3 is 2.78 bits per heavy atom. The number of hydrogen-bond acceptors (Lipinski definition) is 4. The maximum atomic E-state index is 12.9. The molecule has 2 aliphatic heterocycles. The molecule has 2 aromatic heterocycles. The molecule has 0 aliphatic carbocycles. The number of ether oxygens (including phenoxy) is 1. The van der Waals surface area contributed by atoms with Crippen molar-refractivity contribution >= 4 is 11.7 Å². The molecule has 0 saturated carbocycles. The number of rotatable bonds is 5. The van der Waals surface area contributed by atoms with Crippen molar-refractivity contribution in [2.75, 3.05) is 31.1 Å². The van der Waals surface area contributed by atoms with Gasteiger partial charge in [0.2, 0.25) is 0 Å². The smallest absolute Gasteiger partial charge is 0.270 e. The summed E-state index contributed by atoms with van der Waals surface area (Å²) in [4.78, 5) is 21.7. The van der Waals surface area contributed by atoms with Crippen molar-refractivity contribution in [3.8, 4) is 5.75 Å². The number of carbonyl (C=O) groups is 1. The highest BCUT2D eigenvalue weighted by molar-refractivity contribution is 5.93. The third-order valence-corrected chi connectivity index (χ3v) is 5.44. The summed E-state index contributed by atoms with van der Waals surface area (Å²) in [7, 11) is 0. The van der Waals surface area contributed by atoms with Crippen LogP contribution in [0, 0.1) is 0 Å². The number of hydrogen-bond donors (Lipinski definition) is 0. The van der Waals surface area contributed by atoms with Crippen molar-refractivity contribution in [1.29, 1.82) is 0 Å². The summed E-state index contributed by atoms with van der Waals surface area (Å²) in [5, 5.41) is 0. The lowest BCUT2D eigenvalue weighted by molar-refractivity contribution is 0.0760. The van der Waals surface area contributed by atoms with Gasteiger partial charge >= 0.3 is 0 Å². The van der Waals surface area contributed by atoms with E-state index in [4.69, 9.17) is 4.74 Å². The van der Waals surface area contributed by atoms with Gasteiger partial charge in [0.15, 0.2) is 11.6 Å². The van der Waals surface area contributed by atoms with Gasteiger partial charge in [-0.25, -0.2) is 4.98 Å². The SMILES string of the molecule is CC(C)n1cccc1C(=O)N1CC[C@@H](Oc2cccnc2N2CCCC2)C1. The Kier molecular flexibility index (Phi) is 5.05. The minimum absolute atomic E-state index is 0.0157. The Labute approximate surface area is 160 Å². The van der Waals surface area contributed by atoms with Crippen LogP contribution in [-0.2, 0) is 0 Å². The van der Waals surface area contributed by atoms with Crippen LogP contribution in [0.1, 0.15) is 49.6 Å². The molecule has 6 heteroatoms. The van der Waals surface area contributed by atoms with Crippen LogP contribution in [0.25, 0.3) is 0 Å². The van der Waals surface area contributed by atoms with Crippen LogP contribution in [0.15, 0.2) is 36.7 Å². The van der Waals surface area contributed by atoms with Gasteiger partial charge in [0.05, 0.1) is 6.54 Å². The first-order valence-electron chi connectivity index (χ1n) is 9.96. The third-order valence-electron chi connectivity index (χ3n) is 5.44. The number of nitrogens with zero attached hydrogens (tertiary/aromatic N) is 4. The molecule has 0 radical (unpaired) electrons. The van der Waals surface area contributed by atoms with Crippen molar-refractivity contribution in [2.24, 2.45) is 0 Å². The van der Waals surface area contributed by atoms with E-state index in [1.54, 1.807) is 0 Å². The molecular formula is C21H28N4O2. The Balaban J connectivity index is 1.43. The Hall–Kier alpha value is -2.50. The lowest BCUT2D eigenvalue weighted by atomic mass is 10.3. The maximum Gasteiger partial charge on any atom is 0.270 e. The van der Waals surface area contributed by atoms with Gasteiger partial charge in [-0.3, -0.25) is 4.79 Å². The first kappa shape index (κ1) is 17.9. The average molecular weight is 368 g/mol. The van der Waals surface area contributed by atoms with Crippen molar-refractivity contribution in [3.05, 3.63) is 42.4 Å². The molecule has 0 spiro atoms. The Morgan fingerprint density at radius 2 is 2.00 bits per heavy atom. The van der Waals surface area contributed by atoms with Gasteiger partial charge in [0, 0.05) is 44.5 Å². The highest BCUT2D eigenvalue weighted by Gasteiger charge is 2.31. The summed E-state index contributed by atoms with van der Waals surface area (Å²) in [6, 6.07) is 8.03. The number of aromatic nitrogens is 2. The zero-order valence-corrected chi connectivity index (χ0v) is 16.2. The van der Waals surface area contributed by atoms with E-state index in [1.165, 1.54) is 12.8 Å². The summed E-state index contributed by atoms with van der Waals surface area (Å²) < 4.78 is 8.32. The zero-order chi connectivity index (χ0) is 18.8. The quantitative estimate of drug-likeness (QED) is 0.812. The molecule has 2 aliphatic rings. The molecule has 4 rings (SSSR count). The monoisotopic (exact) mass is 368 g/mol. The van der Waals surface area contributed by atoms with Crippen molar-refractivity contribution in [3.63, 3.8) is 0 Å². The Bertz CT molecular complexity index is 795. The minimum Gasteiger partial charge on any atom is -0.485 e. The van der Waals surface area contributed by atoms with Crippen LogP contribution in [0.5, 0.6) is 5.75 Å². The van der Waals surface area contributed by atoms with Crippen molar-refractivity contribution in [1.82, 2.24) is 14.5 Å². The van der Waals surface area contributed by atoms with Gasteiger partial charge < -0.3 is 19.1 Å². The van der Waals surface area contributed by atoms with Crippen LogP contribution < -0.4 is 9.64 Å². The number of likely N-dealkylation sites (tertiary alicyclic amines) is 1. The molecule has 144 valence electrons. The summed E-state index contributed by atoms with van der Waals surface area (Å²) in [5.74, 6) is 1.86. The van der Waals surface area contributed by atoms with E-state index >= 15 is 0 Å². The fraction of sp³-hybridized carbons (Fsp3) is 0.524. The second-order valence-electron chi connectivity index (χ2n) is 7.69. The van der Waals surface area contributed by atoms with Gasteiger partial charge in [-0.05, 0) is 51.0 Å². The van der Waals surface area contributed by atoms with Gasteiger partial charge in [-0.1, -0.05) is 0 Å². The third kappa shape index (κ3) is 3.66. The fourth-order valence-electron chi connectivity index (χ4n) is 4.02. The second kappa shape index (κ2) is 7.62. The molecule has 0 unspecified atom stereocenters. The predicted molar refractivity (Wildman–Crippen MR) is 105 cm³/mol. The largest absolute Gasteiger partial charge is 0.485 e. The van der Waals surface area contributed by atoms with Gasteiger partial charge in [0.25, 0.3) is 5.91 Å². The number of carbonyl (C=O) groups excluding carboxylic acids is 1. The first-order chi connectivity index (χ1) is 13.1. The lowest BCUT2D eigenvalue weighted by Crippen LogP contribution is -2.32. The molecule has 27 heavy (non-hydrogen) atoms. The van der Waals surface area contributed by atoms with Crippen LogP contribution in [0.4, 0.5) is 5.82 Å². The molecular weight excluding hydrogens is 340 g/mol. The zero-order valence-electron chi connectivity index (χ0n) is 16.2. The average Bonchev–Trinajstić information content (AvgIpc) is 3.42. The summed E-state index contributed by atoms with van der Waals surface area (Å²) in [6.45, 7) is 7.61.